The van der Waals surface area contributed by atoms with Crippen LogP contribution in [0, 0.1) is 0 Å². The fraction of sp³-hybridized carbons (Fsp3) is 0.211. The Morgan fingerprint density at radius 1 is 0.913 bits per heavy atom. The zero-order chi connectivity index (χ0) is 15.5. The van der Waals surface area contributed by atoms with Crippen molar-refractivity contribution < 1.29 is 0 Å². The van der Waals surface area contributed by atoms with Crippen molar-refractivity contribution in [1.82, 2.24) is 4.57 Å². The lowest BCUT2D eigenvalue weighted by Crippen LogP contribution is -2.19. The van der Waals surface area contributed by atoms with Crippen molar-refractivity contribution in [3.05, 3.63) is 66.2 Å². The summed E-state index contributed by atoms with van der Waals surface area (Å²) in [5.41, 5.74) is 4.36. The lowest BCUT2D eigenvalue weighted by Gasteiger charge is -2.12. The molecule has 0 atom stereocenters. The summed E-state index contributed by atoms with van der Waals surface area (Å²) in [6, 6.07) is 21.0. The molecule has 0 aliphatic carbocycles. The zero-order valence-electron chi connectivity index (χ0n) is 13.7. The first-order valence-corrected chi connectivity index (χ1v) is 7.60. The van der Waals surface area contributed by atoms with Gasteiger partial charge < -0.3 is 9.47 Å². The van der Waals surface area contributed by atoms with Crippen LogP contribution in [0.1, 0.15) is 6.92 Å². The number of aryl methyl sites for hydroxylation is 1. The topological polar surface area (TPSA) is 20.5 Å². The first-order valence-electron chi connectivity index (χ1n) is 7.60. The highest BCUT2D eigenvalue weighted by Gasteiger charge is 2.00. The molecule has 4 heteroatoms. The van der Waals surface area contributed by atoms with Gasteiger partial charge in [0, 0.05) is 31.8 Å². The van der Waals surface area contributed by atoms with Crippen molar-refractivity contribution in [3.8, 4) is 0 Å². The van der Waals surface area contributed by atoms with Gasteiger partial charge in [-0.25, -0.2) is 4.99 Å². The molecule has 0 aliphatic rings. The number of para-hydroxylation sites is 1. The molecule has 23 heavy (non-hydrogen) atoms. The van der Waals surface area contributed by atoms with Gasteiger partial charge in [0.1, 0.15) is 5.49 Å². The van der Waals surface area contributed by atoms with Crippen molar-refractivity contribution in [3.63, 3.8) is 0 Å². The molecule has 2 aromatic carbocycles. The fourth-order valence-electron chi connectivity index (χ4n) is 2.64. The molecule has 120 valence electrons. The second-order valence-corrected chi connectivity index (χ2v) is 5.52. The third-order valence-corrected chi connectivity index (χ3v) is 3.84. The average molecular weight is 328 g/mol. The summed E-state index contributed by atoms with van der Waals surface area (Å²) in [5, 5.41) is 1.24. The minimum Gasteiger partial charge on any atom is -0.378 e. The number of benzene rings is 2. The lowest BCUT2D eigenvalue weighted by atomic mass is 10.2. The van der Waals surface area contributed by atoms with E-state index in [9.17, 15) is 0 Å². The molecule has 0 radical (unpaired) electrons. The maximum Gasteiger partial charge on any atom is 0.133 e. The number of anilines is 1. The Hall–Kier alpha value is -2.26. The van der Waals surface area contributed by atoms with Gasteiger partial charge >= 0.3 is 0 Å². The van der Waals surface area contributed by atoms with Crippen LogP contribution in [0.2, 0.25) is 0 Å². The maximum atomic E-state index is 4.81. The largest absolute Gasteiger partial charge is 0.378 e. The fourth-order valence-corrected chi connectivity index (χ4v) is 2.64. The third-order valence-electron chi connectivity index (χ3n) is 3.84. The predicted octanol–water partition coefficient (Wildman–Crippen LogP) is 4.38. The van der Waals surface area contributed by atoms with E-state index in [4.69, 9.17) is 4.99 Å². The lowest BCUT2D eigenvalue weighted by molar-refractivity contribution is 0.745. The predicted molar refractivity (Wildman–Crippen MR) is 101 cm³/mol. The molecule has 0 saturated heterocycles. The maximum absolute atomic E-state index is 4.81. The SMILES string of the molecule is CCn1c(=Nc2ccc(N(C)C)cc2)ccc2ccccc21.Cl. The number of aromatic nitrogens is 1. The van der Waals surface area contributed by atoms with E-state index in [1.807, 2.05) is 14.1 Å². The highest BCUT2D eigenvalue weighted by Crippen LogP contribution is 2.18. The molecule has 0 amide bonds. The van der Waals surface area contributed by atoms with E-state index in [1.54, 1.807) is 0 Å². The summed E-state index contributed by atoms with van der Waals surface area (Å²) in [4.78, 5) is 6.90. The molecular formula is C19H22ClN3. The molecule has 0 bridgehead atoms. The summed E-state index contributed by atoms with van der Waals surface area (Å²) < 4.78 is 2.25. The van der Waals surface area contributed by atoms with Crippen molar-refractivity contribution in [2.24, 2.45) is 4.99 Å². The number of halogens is 1. The second-order valence-electron chi connectivity index (χ2n) is 5.52. The van der Waals surface area contributed by atoms with Crippen LogP contribution < -0.4 is 10.4 Å². The summed E-state index contributed by atoms with van der Waals surface area (Å²) in [6.07, 6.45) is 0. The molecular weight excluding hydrogens is 306 g/mol. The van der Waals surface area contributed by atoms with Gasteiger partial charge in [0.2, 0.25) is 0 Å². The Morgan fingerprint density at radius 2 is 1.61 bits per heavy atom. The molecule has 0 aliphatic heterocycles. The highest BCUT2D eigenvalue weighted by atomic mass is 35.5. The molecule has 0 fully saturated rings. The monoisotopic (exact) mass is 327 g/mol. The number of hydrogen-bond acceptors (Lipinski definition) is 2. The Bertz CT molecular complexity index is 848. The molecule has 3 nitrogen and oxygen atoms in total. The number of fused-ring (bicyclic) bond motifs is 1. The van der Waals surface area contributed by atoms with Crippen molar-refractivity contribution in [1.29, 1.82) is 0 Å². The zero-order valence-corrected chi connectivity index (χ0v) is 14.5. The molecule has 0 N–H and O–H groups in total. The molecule has 1 heterocycles. The van der Waals surface area contributed by atoms with E-state index in [1.165, 1.54) is 16.6 Å². The molecule has 1 aromatic heterocycles. The molecule has 0 spiro atoms. The van der Waals surface area contributed by atoms with Gasteiger partial charge in [-0.05, 0) is 54.8 Å². The normalized spacial score (nSPS) is 11.3. The summed E-state index contributed by atoms with van der Waals surface area (Å²) in [6.45, 7) is 3.05. The highest BCUT2D eigenvalue weighted by molar-refractivity contribution is 5.85. The number of nitrogens with zero attached hydrogens (tertiary/aromatic N) is 3. The Kier molecular flexibility index (Phi) is 5.45. The minimum absolute atomic E-state index is 0. The van der Waals surface area contributed by atoms with E-state index in [0.29, 0.717) is 0 Å². The van der Waals surface area contributed by atoms with E-state index in [0.717, 1.165) is 17.7 Å². The quantitative estimate of drug-likeness (QED) is 0.699. The van der Waals surface area contributed by atoms with Crippen LogP contribution in [-0.4, -0.2) is 18.7 Å². The standard InChI is InChI=1S/C19H21N3.ClH/c1-4-22-18-8-6-5-7-15(18)9-14-19(22)20-16-10-12-17(13-11-16)21(2)3;/h5-14H,4H2,1-3H3;1H. The van der Waals surface area contributed by atoms with Crippen LogP contribution >= 0.6 is 12.4 Å². The van der Waals surface area contributed by atoms with Crippen molar-refractivity contribution in [2.75, 3.05) is 19.0 Å². The van der Waals surface area contributed by atoms with Gasteiger partial charge in [0.15, 0.2) is 0 Å². The smallest absolute Gasteiger partial charge is 0.133 e. The van der Waals surface area contributed by atoms with Crippen LogP contribution in [0.5, 0.6) is 0 Å². The molecule has 3 aromatic rings. The van der Waals surface area contributed by atoms with Crippen LogP contribution in [-0.2, 0) is 6.54 Å². The summed E-state index contributed by atoms with van der Waals surface area (Å²) >= 11 is 0. The van der Waals surface area contributed by atoms with Crippen molar-refractivity contribution in [2.45, 2.75) is 13.5 Å². The van der Waals surface area contributed by atoms with E-state index in [2.05, 4.69) is 77.1 Å². The van der Waals surface area contributed by atoms with E-state index in [-0.39, 0.29) is 12.4 Å². The van der Waals surface area contributed by atoms with Gasteiger partial charge in [-0.2, -0.15) is 0 Å². The van der Waals surface area contributed by atoms with Gasteiger partial charge in [-0.15, -0.1) is 12.4 Å². The first kappa shape index (κ1) is 17.1. The number of pyridine rings is 1. The second kappa shape index (κ2) is 7.34. The number of hydrogen-bond donors (Lipinski definition) is 0. The van der Waals surface area contributed by atoms with E-state index >= 15 is 0 Å². The molecule has 0 unspecified atom stereocenters. The number of rotatable bonds is 3. The van der Waals surface area contributed by atoms with Crippen molar-refractivity contribution >= 4 is 34.7 Å². The van der Waals surface area contributed by atoms with Crippen LogP contribution in [0.3, 0.4) is 0 Å². The summed E-state index contributed by atoms with van der Waals surface area (Å²) in [5.74, 6) is 0. The molecule has 0 saturated carbocycles. The Balaban J connectivity index is 0.00000192. The van der Waals surface area contributed by atoms with Gasteiger partial charge in [0.25, 0.3) is 0 Å². The minimum atomic E-state index is 0. The van der Waals surface area contributed by atoms with Crippen LogP contribution in [0.15, 0.2) is 65.7 Å². The Labute approximate surface area is 143 Å². The van der Waals surface area contributed by atoms with Crippen LogP contribution in [0.25, 0.3) is 10.9 Å². The first-order chi connectivity index (χ1) is 10.7. The third kappa shape index (κ3) is 3.57. The Morgan fingerprint density at radius 3 is 2.26 bits per heavy atom. The van der Waals surface area contributed by atoms with Gasteiger partial charge in [0.05, 0.1) is 5.69 Å². The average Bonchev–Trinajstić information content (AvgIpc) is 2.55. The van der Waals surface area contributed by atoms with Gasteiger partial charge in [-0.1, -0.05) is 18.2 Å². The van der Waals surface area contributed by atoms with E-state index < -0.39 is 0 Å². The van der Waals surface area contributed by atoms with Crippen LogP contribution in [0.4, 0.5) is 11.4 Å². The summed E-state index contributed by atoms with van der Waals surface area (Å²) in [7, 11) is 4.08. The molecule has 3 rings (SSSR count). The van der Waals surface area contributed by atoms with Gasteiger partial charge in [-0.3, -0.25) is 0 Å².